The van der Waals surface area contributed by atoms with Gasteiger partial charge in [-0.15, -0.1) is 0 Å². The number of morpholine rings is 1. The summed E-state index contributed by atoms with van der Waals surface area (Å²) < 4.78 is 22.3. The van der Waals surface area contributed by atoms with Crippen molar-refractivity contribution in [2.75, 3.05) is 52.5 Å². The van der Waals surface area contributed by atoms with E-state index in [0.29, 0.717) is 54.9 Å². The molecule has 0 saturated carbocycles. The molecule has 2 aromatic heterocycles. The lowest BCUT2D eigenvalue weighted by atomic mass is 10.1. The second-order valence-corrected chi connectivity index (χ2v) is 7.13. The van der Waals surface area contributed by atoms with Crippen LogP contribution in [0.1, 0.15) is 16.2 Å². The quantitative estimate of drug-likeness (QED) is 0.530. The summed E-state index contributed by atoms with van der Waals surface area (Å²) in [6, 6.07) is 7.51. The van der Waals surface area contributed by atoms with Gasteiger partial charge in [-0.3, -0.25) is 9.20 Å². The fourth-order valence-corrected chi connectivity index (χ4v) is 3.62. The van der Waals surface area contributed by atoms with Crippen LogP contribution >= 0.6 is 0 Å². The van der Waals surface area contributed by atoms with Crippen LogP contribution in [0.4, 0.5) is 5.82 Å². The number of nitrogens with zero attached hydrogens (tertiary/aromatic N) is 4. The number of fused-ring (bicyclic) bond motifs is 1. The van der Waals surface area contributed by atoms with Gasteiger partial charge in [0.1, 0.15) is 5.75 Å². The maximum absolute atomic E-state index is 12.5. The molecule has 3 heterocycles. The van der Waals surface area contributed by atoms with E-state index in [0.717, 1.165) is 5.56 Å². The van der Waals surface area contributed by atoms with E-state index in [1.807, 2.05) is 24.3 Å². The van der Waals surface area contributed by atoms with Gasteiger partial charge in [-0.1, -0.05) is 12.1 Å². The summed E-state index contributed by atoms with van der Waals surface area (Å²) in [6.07, 6.45) is 1.61. The first kappa shape index (κ1) is 21.6. The number of carbonyl (C=O) groups excluding carboxylic acids is 2. The number of rotatable bonds is 6. The SMILES string of the molecule is COC(=O)Cc1c(C(=O)OC)nc2c(N3CCOCC3)nc(-c3cccc(OC)c3)cn12. The van der Waals surface area contributed by atoms with Crippen molar-refractivity contribution in [3.05, 3.63) is 41.9 Å². The van der Waals surface area contributed by atoms with Crippen LogP contribution in [0.5, 0.6) is 5.75 Å². The number of hydrogen-bond acceptors (Lipinski definition) is 9. The van der Waals surface area contributed by atoms with Crippen molar-refractivity contribution < 1.29 is 28.5 Å². The molecule has 0 unspecified atom stereocenters. The first-order chi connectivity index (χ1) is 15.5. The average molecular weight is 440 g/mol. The van der Waals surface area contributed by atoms with E-state index >= 15 is 0 Å². The monoisotopic (exact) mass is 440 g/mol. The van der Waals surface area contributed by atoms with Crippen LogP contribution in [-0.4, -0.2) is 73.9 Å². The Balaban J connectivity index is 1.97. The number of carbonyl (C=O) groups is 2. The molecule has 3 aromatic rings. The van der Waals surface area contributed by atoms with E-state index in [9.17, 15) is 9.59 Å². The van der Waals surface area contributed by atoms with Gasteiger partial charge >= 0.3 is 11.9 Å². The topological polar surface area (TPSA) is 104 Å². The highest BCUT2D eigenvalue weighted by Gasteiger charge is 2.27. The van der Waals surface area contributed by atoms with Crippen molar-refractivity contribution in [1.82, 2.24) is 14.4 Å². The molecule has 0 radical (unpaired) electrons. The summed E-state index contributed by atoms with van der Waals surface area (Å²) in [5, 5.41) is 0. The highest BCUT2D eigenvalue weighted by molar-refractivity contribution is 5.92. The lowest BCUT2D eigenvalue weighted by Crippen LogP contribution is -2.37. The first-order valence-electron chi connectivity index (χ1n) is 10.1. The number of ether oxygens (including phenoxy) is 4. The Morgan fingerprint density at radius 3 is 2.56 bits per heavy atom. The smallest absolute Gasteiger partial charge is 0.358 e. The van der Waals surface area contributed by atoms with Crippen LogP contribution in [-0.2, 0) is 25.4 Å². The molecule has 0 bridgehead atoms. The third-order valence-electron chi connectivity index (χ3n) is 5.28. The molecule has 0 aliphatic carbocycles. The predicted octanol–water partition coefficient (Wildman–Crippen LogP) is 1.74. The minimum Gasteiger partial charge on any atom is -0.497 e. The Bertz CT molecular complexity index is 1150. The van der Waals surface area contributed by atoms with Gasteiger partial charge in [0.25, 0.3) is 0 Å². The van der Waals surface area contributed by atoms with Gasteiger partial charge in [0.05, 0.1) is 52.4 Å². The third kappa shape index (κ3) is 4.09. The van der Waals surface area contributed by atoms with Crippen molar-refractivity contribution in [1.29, 1.82) is 0 Å². The molecule has 0 atom stereocenters. The van der Waals surface area contributed by atoms with Gasteiger partial charge in [0, 0.05) is 24.8 Å². The number of esters is 2. The Kier molecular flexibility index (Phi) is 6.22. The van der Waals surface area contributed by atoms with Crippen molar-refractivity contribution in [3.8, 4) is 17.0 Å². The Morgan fingerprint density at radius 2 is 1.88 bits per heavy atom. The summed E-state index contributed by atoms with van der Waals surface area (Å²) >= 11 is 0. The lowest BCUT2D eigenvalue weighted by molar-refractivity contribution is -0.139. The fraction of sp³-hybridized carbons (Fsp3) is 0.364. The van der Waals surface area contributed by atoms with Crippen LogP contribution in [0.3, 0.4) is 0 Å². The van der Waals surface area contributed by atoms with Gasteiger partial charge in [-0.25, -0.2) is 14.8 Å². The van der Waals surface area contributed by atoms with Crippen LogP contribution < -0.4 is 9.64 Å². The number of benzene rings is 1. The molecule has 1 saturated heterocycles. The molecular weight excluding hydrogens is 416 g/mol. The van der Waals surface area contributed by atoms with Crippen molar-refractivity contribution in [2.45, 2.75) is 6.42 Å². The fourth-order valence-electron chi connectivity index (χ4n) is 3.62. The first-order valence-corrected chi connectivity index (χ1v) is 10.1. The molecule has 0 amide bonds. The molecule has 1 aromatic carbocycles. The summed E-state index contributed by atoms with van der Waals surface area (Å²) in [6.45, 7) is 2.35. The maximum atomic E-state index is 12.5. The van der Waals surface area contributed by atoms with Crippen LogP contribution in [0.15, 0.2) is 30.5 Å². The number of anilines is 1. The molecule has 168 valence electrons. The molecule has 0 spiro atoms. The average Bonchev–Trinajstić information content (AvgIpc) is 3.21. The third-order valence-corrected chi connectivity index (χ3v) is 5.28. The number of imidazole rings is 1. The van der Waals surface area contributed by atoms with Crippen molar-refractivity contribution in [2.24, 2.45) is 0 Å². The molecule has 4 rings (SSSR count). The van der Waals surface area contributed by atoms with Crippen LogP contribution in [0.2, 0.25) is 0 Å². The van der Waals surface area contributed by atoms with E-state index in [1.54, 1.807) is 17.7 Å². The predicted molar refractivity (Wildman–Crippen MR) is 115 cm³/mol. The molecular formula is C22H24N4O6. The zero-order valence-electron chi connectivity index (χ0n) is 18.2. The van der Waals surface area contributed by atoms with E-state index in [-0.39, 0.29) is 12.1 Å². The molecule has 10 nitrogen and oxygen atoms in total. The molecule has 1 aliphatic rings. The largest absolute Gasteiger partial charge is 0.497 e. The highest BCUT2D eigenvalue weighted by Crippen LogP contribution is 2.30. The van der Waals surface area contributed by atoms with Gasteiger partial charge in [-0.05, 0) is 12.1 Å². The van der Waals surface area contributed by atoms with Gasteiger partial charge in [-0.2, -0.15) is 0 Å². The number of aromatic nitrogens is 3. The number of methoxy groups -OCH3 is 3. The zero-order valence-corrected chi connectivity index (χ0v) is 18.2. The van der Waals surface area contributed by atoms with Crippen molar-refractivity contribution >= 4 is 23.4 Å². The Hall–Kier alpha value is -3.66. The molecule has 10 heteroatoms. The van der Waals surface area contributed by atoms with E-state index in [1.165, 1.54) is 14.2 Å². The molecule has 1 aliphatic heterocycles. The molecule has 32 heavy (non-hydrogen) atoms. The summed E-state index contributed by atoms with van der Waals surface area (Å²) in [5.74, 6) is 0.149. The summed E-state index contributed by atoms with van der Waals surface area (Å²) in [7, 11) is 4.17. The summed E-state index contributed by atoms with van der Waals surface area (Å²) in [5.41, 5.74) is 2.34. The summed E-state index contributed by atoms with van der Waals surface area (Å²) in [4.78, 5) is 36.1. The van der Waals surface area contributed by atoms with Crippen LogP contribution in [0.25, 0.3) is 16.9 Å². The number of hydrogen-bond donors (Lipinski definition) is 0. The van der Waals surface area contributed by atoms with Gasteiger partial charge in [0.15, 0.2) is 17.2 Å². The minimum absolute atomic E-state index is 0.0528. The molecule has 0 N–H and O–H groups in total. The van der Waals surface area contributed by atoms with Gasteiger partial charge in [0.2, 0.25) is 0 Å². The zero-order chi connectivity index (χ0) is 22.7. The Morgan fingerprint density at radius 1 is 1.09 bits per heavy atom. The van der Waals surface area contributed by atoms with Gasteiger partial charge < -0.3 is 23.8 Å². The molecule has 1 fully saturated rings. The lowest BCUT2D eigenvalue weighted by Gasteiger charge is -2.28. The Labute approximate surface area is 184 Å². The van der Waals surface area contributed by atoms with E-state index in [4.69, 9.17) is 23.9 Å². The standard InChI is InChI=1S/C22H24N4O6/c1-29-15-6-4-5-14(11-15)16-13-26-17(12-18(27)30-2)19(22(28)31-3)24-21(26)20(23-16)25-7-9-32-10-8-25/h4-6,11,13H,7-10,12H2,1-3H3. The van der Waals surface area contributed by atoms with E-state index < -0.39 is 11.9 Å². The van der Waals surface area contributed by atoms with Crippen molar-refractivity contribution in [3.63, 3.8) is 0 Å². The minimum atomic E-state index is -0.636. The second-order valence-electron chi connectivity index (χ2n) is 7.13. The maximum Gasteiger partial charge on any atom is 0.358 e. The van der Waals surface area contributed by atoms with Crippen LogP contribution in [0, 0.1) is 0 Å². The normalized spacial score (nSPS) is 13.8. The van der Waals surface area contributed by atoms with E-state index in [2.05, 4.69) is 9.88 Å². The highest BCUT2D eigenvalue weighted by atomic mass is 16.5. The second kappa shape index (κ2) is 9.23.